The van der Waals surface area contributed by atoms with E-state index in [9.17, 15) is 14.7 Å². The summed E-state index contributed by atoms with van der Waals surface area (Å²) in [6.07, 6.45) is 5.96. The Morgan fingerprint density at radius 3 is 2.69 bits per heavy atom. The number of anilines is 1. The molecule has 2 N–H and O–H groups in total. The smallest absolute Gasteiger partial charge is 0.341 e. The van der Waals surface area contributed by atoms with Gasteiger partial charge in [-0.05, 0) is 37.3 Å². The number of thioether (sulfide) groups is 1. The van der Waals surface area contributed by atoms with Crippen molar-refractivity contribution in [2.24, 2.45) is 5.10 Å². The van der Waals surface area contributed by atoms with E-state index in [-0.39, 0.29) is 28.1 Å². The fourth-order valence-electron chi connectivity index (χ4n) is 5.40. The normalized spacial score (nSPS) is 19.8. The molecule has 1 aliphatic carbocycles. The van der Waals surface area contributed by atoms with E-state index in [1.807, 2.05) is 23.3 Å². The van der Waals surface area contributed by atoms with Gasteiger partial charge in [0.15, 0.2) is 11.6 Å². The number of nitrogens with one attached hydrogen (secondary N) is 1. The number of pyridine rings is 1. The first-order chi connectivity index (χ1) is 18.9. The van der Waals surface area contributed by atoms with Crippen molar-refractivity contribution in [2.75, 3.05) is 44.4 Å². The lowest BCUT2D eigenvalue weighted by atomic mass is 10.1. The molecule has 0 amide bonds. The number of hydrazone groups is 1. The van der Waals surface area contributed by atoms with Crippen LogP contribution in [-0.4, -0.2) is 71.2 Å². The van der Waals surface area contributed by atoms with E-state index in [0.717, 1.165) is 36.5 Å². The van der Waals surface area contributed by atoms with Crippen molar-refractivity contribution >= 4 is 40.0 Å². The van der Waals surface area contributed by atoms with Crippen LogP contribution in [0.15, 0.2) is 38.7 Å². The lowest BCUT2D eigenvalue weighted by Crippen LogP contribution is -2.46. The number of carboxylic acid groups (broad SMARTS) is 1. The number of fused-ring (bicyclic) bond motifs is 1. The van der Waals surface area contributed by atoms with E-state index in [1.165, 1.54) is 19.4 Å². The number of halogens is 1. The first kappa shape index (κ1) is 25.8. The van der Waals surface area contributed by atoms with Crippen molar-refractivity contribution in [2.45, 2.75) is 37.2 Å². The number of methoxy groups -OCH3 is 1. The minimum atomic E-state index is -1.32. The maximum Gasteiger partial charge on any atom is 0.341 e. The molecule has 1 atom stereocenters. The van der Waals surface area contributed by atoms with Crippen molar-refractivity contribution in [1.29, 1.82) is 0 Å². The van der Waals surface area contributed by atoms with Gasteiger partial charge < -0.3 is 23.7 Å². The number of aromatic nitrogens is 1. The molecular weight excluding hydrogens is 525 g/mol. The fourth-order valence-corrected chi connectivity index (χ4v) is 5.88. The highest BCUT2D eigenvalue weighted by Gasteiger charge is 2.32. The number of nitrogens with zero attached hydrogens (tertiary/aromatic N) is 4. The number of carboxylic acids is 1. The Hall–Kier alpha value is -3.51. The van der Waals surface area contributed by atoms with E-state index in [2.05, 4.69) is 15.4 Å². The molecule has 1 saturated heterocycles. The van der Waals surface area contributed by atoms with Crippen LogP contribution in [0.1, 0.15) is 47.2 Å². The summed E-state index contributed by atoms with van der Waals surface area (Å²) in [7, 11) is 1.46. The molecule has 4 heterocycles. The van der Waals surface area contributed by atoms with Gasteiger partial charge in [0.1, 0.15) is 28.5 Å². The molecule has 2 aliphatic heterocycles. The standard InChI is InChI=1S/C27H30FN5O5S/c1-37-26-23-17(25(34)18(27(35)36)14-33(23)15-3-4-15)11-19(28)24(26)32-9-7-31(8-10-32)13-16-5-6-21(38-16)20-12-22(39-2)30-29-20/h5-6,11,14-15,22,30H,3-4,7-10,12-13H2,1-2H3,(H,35,36). The van der Waals surface area contributed by atoms with E-state index in [1.54, 1.807) is 16.3 Å². The number of furan rings is 1. The lowest BCUT2D eigenvalue weighted by molar-refractivity contribution is 0.0694. The molecule has 3 aromatic rings. The second kappa shape index (κ2) is 10.2. The predicted octanol–water partition coefficient (Wildman–Crippen LogP) is 3.48. The van der Waals surface area contributed by atoms with Crippen LogP contribution in [0.3, 0.4) is 0 Å². The summed E-state index contributed by atoms with van der Waals surface area (Å²) in [6, 6.07) is 5.16. The maximum atomic E-state index is 15.6. The van der Waals surface area contributed by atoms with Crippen LogP contribution in [-0.2, 0) is 6.54 Å². The van der Waals surface area contributed by atoms with Gasteiger partial charge in [-0.15, -0.1) is 11.8 Å². The van der Waals surface area contributed by atoms with Crippen molar-refractivity contribution in [3.05, 3.63) is 57.5 Å². The average molecular weight is 556 g/mol. The summed E-state index contributed by atoms with van der Waals surface area (Å²) in [6.45, 7) is 3.11. The maximum absolute atomic E-state index is 15.6. The van der Waals surface area contributed by atoms with Crippen molar-refractivity contribution in [3.63, 3.8) is 0 Å². The third kappa shape index (κ3) is 4.76. The van der Waals surface area contributed by atoms with Crippen LogP contribution in [0, 0.1) is 5.82 Å². The van der Waals surface area contributed by atoms with Crippen LogP contribution < -0.4 is 20.5 Å². The van der Waals surface area contributed by atoms with Crippen LogP contribution >= 0.6 is 11.8 Å². The first-order valence-electron chi connectivity index (χ1n) is 13.0. The fraction of sp³-hybridized carbons (Fsp3) is 0.444. The third-order valence-corrected chi connectivity index (χ3v) is 8.43. The van der Waals surface area contributed by atoms with Crippen molar-refractivity contribution < 1.29 is 23.4 Å². The molecule has 0 radical (unpaired) electrons. The molecule has 12 heteroatoms. The zero-order valence-electron chi connectivity index (χ0n) is 21.8. The summed E-state index contributed by atoms with van der Waals surface area (Å²) in [4.78, 5) is 28.8. The molecule has 39 heavy (non-hydrogen) atoms. The van der Waals surface area contributed by atoms with Gasteiger partial charge in [0.05, 0.1) is 29.9 Å². The van der Waals surface area contributed by atoms with Gasteiger partial charge >= 0.3 is 5.97 Å². The van der Waals surface area contributed by atoms with Gasteiger partial charge in [0, 0.05) is 44.8 Å². The molecule has 10 nitrogen and oxygen atoms in total. The Morgan fingerprint density at radius 1 is 1.28 bits per heavy atom. The Labute approximate surface area is 228 Å². The number of hydrogen-bond donors (Lipinski definition) is 2. The van der Waals surface area contributed by atoms with Gasteiger partial charge in [-0.1, -0.05) is 0 Å². The molecule has 206 valence electrons. The molecule has 3 aliphatic rings. The molecule has 1 unspecified atom stereocenters. The number of rotatable bonds is 8. The Balaban J connectivity index is 1.23. The zero-order valence-corrected chi connectivity index (χ0v) is 22.6. The molecule has 6 rings (SSSR count). The van der Waals surface area contributed by atoms with Crippen LogP contribution in [0.2, 0.25) is 0 Å². The van der Waals surface area contributed by atoms with E-state index in [0.29, 0.717) is 43.9 Å². The monoisotopic (exact) mass is 555 g/mol. The summed E-state index contributed by atoms with van der Waals surface area (Å²) in [5.41, 5.74) is 3.71. The Kier molecular flexibility index (Phi) is 6.76. The number of piperazine rings is 1. The largest absolute Gasteiger partial charge is 0.492 e. The van der Waals surface area contributed by atoms with E-state index >= 15 is 4.39 Å². The van der Waals surface area contributed by atoms with Crippen LogP contribution in [0.5, 0.6) is 5.75 Å². The minimum Gasteiger partial charge on any atom is -0.492 e. The Morgan fingerprint density at radius 2 is 2.05 bits per heavy atom. The molecular formula is C27H30FN5O5S. The van der Waals surface area contributed by atoms with Gasteiger partial charge in [0.25, 0.3) is 0 Å². The summed E-state index contributed by atoms with van der Waals surface area (Å²) in [5.74, 6) is -0.0181. The van der Waals surface area contributed by atoms with E-state index < -0.39 is 17.2 Å². The number of hydrogen-bond acceptors (Lipinski definition) is 9. The molecule has 1 saturated carbocycles. The van der Waals surface area contributed by atoms with Gasteiger partial charge in [-0.25, -0.2) is 9.18 Å². The highest BCUT2D eigenvalue weighted by Crippen LogP contribution is 2.43. The summed E-state index contributed by atoms with van der Waals surface area (Å²) in [5, 5.41) is 14.2. The van der Waals surface area contributed by atoms with Crippen molar-refractivity contribution in [3.8, 4) is 5.75 Å². The molecule has 2 fully saturated rings. The SMILES string of the molecule is COc1c(N2CCN(Cc3ccc(C4=NNC(SC)C4)o3)CC2)c(F)cc2c(=O)c(C(=O)O)cn(C3CC3)c12. The first-order valence-corrected chi connectivity index (χ1v) is 14.3. The van der Waals surface area contributed by atoms with E-state index in [4.69, 9.17) is 9.15 Å². The minimum absolute atomic E-state index is 0.0260. The Bertz CT molecular complexity index is 1520. The van der Waals surface area contributed by atoms with Gasteiger partial charge in [0.2, 0.25) is 5.43 Å². The highest BCUT2D eigenvalue weighted by molar-refractivity contribution is 7.99. The predicted molar refractivity (Wildman–Crippen MR) is 148 cm³/mol. The number of ether oxygens (including phenoxy) is 1. The highest BCUT2D eigenvalue weighted by atomic mass is 32.2. The zero-order chi connectivity index (χ0) is 27.3. The second-order valence-corrected chi connectivity index (χ2v) is 11.1. The third-order valence-electron chi connectivity index (χ3n) is 7.59. The summed E-state index contributed by atoms with van der Waals surface area (Å²) >= 11 is 1.72. The number of carbonyl (C=O) groups is 1. The topological polar surface area (TPSA) is 113 Å². The molecule has 0 bridgehead atoms. The quantitative estimate of drug-likeness (QED) is 0.431. The number of benzene rings is 1. The lowest BCUT2D eigenvalue weighted by Gasteiger charge is -2.36. The molecule has 2 aromatic heterocycles. The summed E-state index contributed by atoms with van der Waals surface area (Å²) < 4.78 is 29.2. The van der Waals surface area contributed by atoms with Crippen LogP contribution in [0.25, 0.3) is 10.9 Å². The average Bonchev–Trinajstić information content (AvgIpc) is 3.47. The number of aromatic carboxylic acids is 1. The van der Waals surface area contributed by atoms with Gasteiger partial charge in [-0.2, -0.15) is 5.10 Å². The van der Waals surface area contributed by atoms with Gasteiger partial charge in [-0.3, -0.25) is 15.1 Å². The second-order valence-electron chi connectivity index (χ2n) is 10.1. The van der Waals surface area contributed by atoms with Crippen molar-refractivity contribution in [1.82, 2.24) is 14.9 Å². The molecule has 1 aromatic carbocycles. The molecule has 0 spiro atoms. The van der Waals surface area contributed by atoms with Crippen LogP contribution in [0.4, 0.5) is 10.1 Å².